The zero-order valence-electron chi connectivity index (χ0n) is 65.4. The predicted octanol–water partition coefficient (Wildman–Crippen LogP) is 7.36. The summed E-state index contributed by atoms with van der Waals surface area (Å²) in [5, 5.41) is 41.5. The van der Waals surface area contributed by atoms with E-state index < -0.39 is 109 Å². The number of nitrogens with one attached hydrogen (secondary N) is 4. The predicted molar refractivity (Wildman–Crippen MR) is 430 cm³/mol. The van der Waals surface area contributed by atoms with Crippen LogP contribution in [0.5, 0.6) is 23.1 Å². The van der Waals surface area contributed by atoms with Crippen LogP contribution in [0.4, 0.5) is 14.9 Å². The van der Waals surface area contributed by atoms with E-state index in [1.165, 1.54) is 41.7 Å². The third kappa shape index (κ3) is 24.0. The van der Waals surface area contributed by atoms with Crippen LogP contribution < -0.4 is 45.9 Å². The summed E-state index contributed by atoms with van der Waals surface area (Å²) in [7, 11) is 5.15. The molecular formula is C82H93ClFN14O18S+. The quantitative estimate of drug-likeness (QED) is 0.0105. The van der Waals surface area contributed by atoms with E-state index in [4.69, 9.17) is 46.0 Å². The number of quaternary nitrogens is 1. The van der Waals surface area contributed by atoms with Gasteiger partial charge in [-0.3, -0.25) is 53.1 Å². The number of carbonyl (C=O) groups is 10. The van der Waals surface area contributed by atoms with Crippen molar-refractivity contribution in [3.8, 4) is 56.1 Å². The van der Waals surface area contributed by atoms with Crippen molar-refractivity contribution in [1.29, 1.82) is 0 Å². The second kappa shape index (κ2) is 41.0. The van der Waals surface area contributed by atoms with Gasteiger partial charge in [-0.05, 0) is 108 Å². The number of primary amides is 1. The highest BCUT2D eigenvalue weighted by atomic mass is 35.5. The Morgan fingerprint density at radius 2 is 1.48 bits per heavy atom. The number of piperazine rings is 1. The van der Waals surface area contributed by atoms with Crippen molar-refractivity contribution >= 4 is 98.2 Å². The first kappa shape index (κ1) is 87.3. The molecule has 3 atom stereocenters. The topological polar surface area (TPSA) is 416 Å². The number of carboxylic acid groups (broad SMARTS) is 3. The van der Waals surface area contributed by atoms with Crippen molar-refractivity contribution in [2.75, 3.05) is 112 Å². The Kier molecular flexibility index (Phi) is 30.6. The molecule has 35 heteroatoms. The zero-order valence-corrected chi connectivity index (χ0v) is 67.0. The number of benzene rings is 5. The summed E-state index contributed by atoms with van der Waals surface area (Å²) < 4.78 is 45.4. The maximum atomic E-state index is 14.6. The summed E-state index contributed by atoms with van der Waals surface area (Å²) >= 11 is 8.58. The SMILES string of the molecule is COc1ccccc1-c1nccc(COc2ccccc2C[C@@H](Oc2ncnc3sc(-c4ccc(F)cc4)c(-c4ccc(OCCN5CC[N+](C)(Cc6ccc(NC(=O)[C@H](CCCNC(N)=O)NC(=O)[C@@H](NC(=O)CCOCCN7C(=O)C=CC7=O)C(C)C)cc6CN(C)C(=O)CN(CC(=O)O)CC(=O)O)CC5)c(Cl)c4C)c23)C(=O)O)n1. The van der Waals surface area contributed by atoms with E-state index in [-0.39, 0.29) is 83.3 Å². The summed E-state index contributed by atoms with van der Waals surface area (Å²) in [4.78, 5) is 153. The number of methoxy groups -OCH3 is 1. The Bertz CT molecular complexity index is 4950. The summed E-state index contributed by atoms with van der Waals surface area (Å²) in [6.45, 7) is 6.85. The van der Waals surface area contributed by atoms with Gasteiger partial charge >= 0.3 is 23.9 Å². The lowest BCUT2D eigenvalue weighted by molar-refractivity contribution is -0.926. The number of ether oxygens (including phenoxy) is 5. The van der Waals surface area contributed by atoms with Crippen molar-refractivity contribution in [3.05, 3.63) is 173 Å². The summed E-state index contributed by atoms with van der Waals surface area (Å²) in [5.74, 6) is -6.49. The van der Waals surface area contributed by atoms with Gasteiger partial charge in [-0.25, -0.2) is 33.9 Å². The lowest BCUT2D eigenvalue weighted by Gasteiger charge is -2.42. The lowest BCUT2D eigenvalue weighted by Crippen LogP contribution is -2.57. The minimum atomic E-state index is -1.49. The number of urea groups is 1. The maximum Gasteiger partial charge on any atom is 0.345 e. The molecule has 3 aromatic heterocycles. The molecule has 32 nitrogen and oxygen atoms in total. The fourth-order valence-corrected chi connectivity index (χ4v) is 14.8. The minimum absolute atomic E-state index is 0.00282. The van der Waals surface area contributed by atoms with Gasteiger partial charge in [0.15, 0.2) is 5.82 Å². The number of hydrogen-bond acceptors (Lipinski definition) is 22. The Balaban J connectivity index is 0.816. The van der Waals surface area contributed by atoms with Crippen LogP contribution in [0.25, 0.3) is 43.2 Å². The molecule has 2 aliphatic rings. The fourth-order valence-electron chi connectivity index (χ4n) is 13.4. The minimum Gasteiger partial charge on any atom is -0.496 e. The molecule has 0 aliphatic carbocycles. The molecular weight excluding hydrogens is 1560 g/mol. The van der Waals surface area contributed by atoms with Crippen LogP contribution >= 0.6 is 22.9 Å². The second-order valence-corrected chi connectivity index (χ2v) is 30.1. The largest absolute Gasteiger partial charge is 0.496 e. The van der Waals surface area contributed by atoms with Gasteiger partial charge < -0.3 is 75.4 Å². The molecule has 0 saturated carbocycles. The van der Waals surface area contributed by atoms with Crippen molar-refractivity contribution in [1.82, 2.24) is 55.5 Å². The molecule has 2 aliphatic heterocycles. The lowest BCUT2D eigenvalue weighted by atomic mass is 9.96. The number of thiophene rings is 1. The molecule has 9 N–H and O–H groups in total. The van der Waals surface area contributed by atoms with Crippen LogP contribution in [0.1, 0.15) is 61.1 Å². The number of aromatic nitrogens is 4. The molecule has 10 rings (SSSR count). The summed E-state index contributed by atoms with van der Waals surface area (Å²) in [6, 6.07) is 27.7. The molecule has 0 spiro atoms. The highest BCUT2D eigenvalue weighted by molar-refractivity contribution is 7.22. The smallest absolute Gasteiger partial charge is 0.345 e. The number of anilines is 1. The van der Waals surface area contributed by atoms with Crippen LogP contribution in [0.2, 0.25) is 5.02 Å². The summed E-state index contributed by atoms with van der Waals surface area (Å²) in [5.41, 5.74) is 11.2. The number of carbonyl (C=O) groups excluding carboxylic acids is 7. The second-order valence-electron chi connectivity index (χ2n) is 28.7. The molecule has 117 heavy (non-hydrogen) atoms. The number of carboxylic acids is 3. The number of halogens is 2. The van der Waals surface area contributed by atoms with E-state index >= 15 is 0 Å². The molecule has 618 valence electrons. The Hall–Kier alpha value is -12.1. The third-order valence-corrected chi connectivity index (χ3v) is 21.4. The van der Waals surface area contributed by atoms with Gasteiger partial charge in [-0.1, -0.05) is 80.0 Å². The van der Waals surface area contributed by atoms with Crippen LogP contribution in [0.15, 0.2) is 134 Å². The molecule has 0 radical (unpaired) electrons. The van der Waals surface area contributed by atoms with E-state index in [0.717, 1.165) is 27.5 Å². The maximum absolute atomic E-state index is 14.6. The van der Waals surface area contributed by atoms with Crippen molar-refractivity contribution < 1.29 is 95.8 Å². The zero-order chi connectivity index (χ0) is 84.0. The van der Waals surface area contributed by atoms with Crippen LogP contribution in [-0.2, 0) is 74.0 Å². The van der Waals surface area contributed by atoms with Gasteiger partial charge in [0.2, 0.25) is 35.6 Å². The van der Waals surface area contributed by atoms with Crippen LogP contribution in [-0.4, -0.2) is 243 Å². The molecule has 1 fully saturated rings. The van der Waals surface area contributed by atoms with Gasteiger partial charge in [-0.2, -0.15) is 0 Å². The molecule has 0 bridgehead atoms. The Morgan fingerprint density at radius 1 is 0.769 bits per heavy atom. The van der Waals surface area contributed by atoms with Crippen LogP contribution in [0, 0.1) is 18.7 Å². The molecule has 8 amide bonds. The number of fused-ring (bicyclic) bond motifs is 1. The fraction of sp³-hybridized carbons (Fsp3) is 0.366. The monoisotopic (exact) mass is 1650 g/mol. The molecule has 0 unspecified atom stereocenters. The van der Waals surface area contributed by atoms with Gasteiger partial charge in [-0.15, -0.1) is 11.3 Å². The molecule has 5 aromatic carbocycles. The average molecular weight is 1650 g/mol. The number of nitrogens with two attached hydrogens (primary N) is 1. The molecule has 8 aromatic rings. The number of amides is 8. The van der Waals surface area contributed by atoms with Gasteiger partial charge in [0, 0.05) is 92.7 Å². The first-order chi connectivity index (χ1) is 56.0. The van der Waals surface area contributed by atoms with Crippen molar-refractivity contribution in [3.63, 3.8) is 0 Å². The standard InChI is InChI=1S/C82H92ClFN14O18S/c1-49(2)74(93-65(99)28-37-113-38-34-97-66(100)25-26-67(97)101)78(108)92-60(14-11-29-87-82(85)111)77(107)91-56-22-19-53(54(40-56)42-94(4)68(102)43-96(44-69(103)104)45-70(105)106)46-98(5)35-31-95(32-36-98)33-39-114-63-24-23-58(50(3)73(63)83)71-72-79(88-48-89-80(72)117-75(71)51-17-20-55(84)21-18-51)116-64(81(109)110)41-52-12-7-9-15-61(52)115-47-57-27-30-86-76(90-57)59-13-8-10-16-62(59)112-6/h7-10,12-13,15-27,30,40,48-49,60,64,74H,11,14,28-29,31-39,41-47H2,1-6H3,(H8-,85,87,91,92,93,99,103,104,105,106,107,108,109,110,111)/p+1/t60-,64+,74-/m0/s1. The number of para-hydroxylation sites is 2. The van der Waals surface area contributed by atoms with Gasteiger partial charge in [0.05, 0.1) is 88.3 Å². The first-order valence-corrected chi connectivity index (χ1v) is 38.9. The third-order valence-electron chi connectivity index (χ3n) is 19.7. The Labute approximate surface area is 682 Å². The number of hydrogen-bond donors (Lipinski definition) is 8. The molecule has 1 saturated heterocycles. The number of likely N-dealkylation sites (N-methyl/N-ethyl adjacent to an activating group) is 2. The van der Waals surface area contributed by atoms with E-state index in [9.17, 15) is 67.7 Å². The average Bonchev–Trinajstić information content (AvgIpc) is 1.61. The normalized spacial score (nSPS) is 14.1. The van der Waals surface area contributed by atoms with E-state index in [1.807, 2.05) is 43.3 Å². The van der Waals surface area contributed by atoms with Gasteiger partial charge in [0.1, 0.15) is 66.1 Å². The number of aliphatic carboxylic acids is 3. The van der Waals surface area contributed by atoms with Gasteiger partial charge in [0.25, 0.3) is 11.8 Å². The highest BCUT2D eigenvalue weighted by Gasteiger charge is 2.35. The van der Waals surface area contributed by atoms with Crippen molar-refractivity contribution in [2.45, 2.75) is 84.3 Å². The Morgan fingerprint density at radius 3 is 2.17 bits per heavy atom. The number of imide groups is 1. The number of rotatable bonds is 42. The highest BCUT2D eigenvalue weighted by Crippen LogP contribution is 2.50. The van der Waals surface area contributed by atoms with E-state index in [1.54, 1.807) is 87.8 Å². The van der Waals surface area contributed by atoms with E-state index in [0.29, 0.717) is 132 Å². The summed E-state index contributed by atoms with van der Waals surface area (Å²) in [6.07, 6.45) is 3.58. The first-order valence-electron chi connectivity index (χ1n) is 37.7. The number of nitrogens with zero attached hydrogens (tertiary/aromatic N) is 9. The van der Waals surface area contributed by atoms with Crippen molar-refractivity contribution in [2.24, 2.45) is 11.7 Å². The van der Waals surface area contributed by atoms with Crippen LogP contribution in [0.3, 0.4) is 0 Å². The van der Waals surface area contributed by atoms with E-state index in [2.05, 4.69) is 48.2 Å². The molecule has 5 heterocycles.